The Balaban J connectivity index is 1.67. The van der Waals surface area contributed by atoms with Gasteiger partial charge in [0.15, 0.2) is 0 Å². The summed E-state index contributed by atoms with van der Waals surface area (Å²) in [5.74, 6) is -1.67. The molecule has 1 amide bonds. The van der Waals surface area contributed by atoms with Crippen LogP contribution in [0.15, 0.2) is 42.5 Å². The summed E-state index contributed by atoms with van der Waals surface area (Å²) in [7, 11) is 0. The zero-order valence-electron chi connectivity index (χ0n) is 13.5. The maximum atomic E-state index is 13.8. The molecule has 5 nitrogen and oxygen atoms in total. The number of rotatable bonds is 3. The molecule has 25 heavy (non-hydrogen) atoms. The highest BCUT2D eigenvalue weighted by atomic mass is 19.1. The highest BCUT2D eigenvalue weighted by Gasteiger charge is 2.35. The Morgan fingerprint density at radius 2 is 1.64 bits per heavy atom. The van der Waals surface area contributed by atoms with Crippen LogP contribution in [-0.2, 0) is 0 Å². The highest BCUT2D eigenvalue weighted by Crippen LogP contribution is 2.40. The molecule has 0 atom stereocenters. The molecule has 1 aliphatic heterocycles. The lowest BCUT2D eigenvalue weighted by Gasteiger charge is -2.38. The van der Waals surface area contributed by atoms with E-state index in [0.717, 1.165) is 18.5 Å². The molecule has 0 saturated heterocycles. The van der Waals surface area contributed by atoms with Crippen molar-refractivity contribution in [1.82, 2.24) is 0 Å². The van der Waals surface area contributed by atoms with Crippen molar-refractivity contribution in [2.75, 3.05) is 22.9 Å². The molecule has 2 aromatic carbocycles. The van der Waals surface area contributed by atoms with E-state index in [4.69, 9.17) is 5.11 Å². The molecule has 2 aromatic rings. The molecular weight excluding hydrogens is 323 g/mol. The van der Waals surface area contributed by atoms with Crippen molar-refractivity contribution >= 4 is 23.3 Å². The minimum atomic E-state index is -1.04. The van der Waals surface area contributed by atoms with E-state index in [9.17, 15) is 14.0 Å². The number of amides is 1. The minimum Gasteiger partial charge on any atom is -0.478 e. The molecule has 0 spiro atoms. The van der Waals surface area contributed by atoms with Gasteiger partial charge >= 0.3 is 5.97 Å². The molecule has 1 saturated carbocycles. The van der Waals surface area contributed by atoms with Gasteiger partial charge in [-0.05, 0) is 55.3 Å². The van der Waals surface area contributed by atoms with E-state index in [1.807, 2.05) is 0 Å². The van der Waals surface area contributed by atoms with Crippen LogP contribution in [0, 0.1) is 5.82 Å². The zero-order chi connectivity index (χ0) is 17.6. The summed E-state index contributed by atoms with van der Waals surface area (Å²) in [5.41, 5.74) is 1.97. The van der Waals surface area contributed by atoms with Crippen molar-refractivity contribution in [2.45, 2.75) is 18.9 Å². The standard InChI is InChI=1S/C19H17FN2O3/c20-14-5-8-16-17(11-14)22(10-9-21(16)15-6-7-15)18(23)12-1-3-13(4-2-12)19(24)25/h1-5,8,11,15H,6-7,9-10H2,(H,24,25). The second-order valence-electron chi connectivity index (χ2n) is 6.40. The molecular formula is C19H17FN2O3. The Morgan fingerprint density at radius 3 is 2.28 bits per heavy atom. The second-order valence-corrected chi connectivity index (χ2v) is 6.40. The topological polar surface area (TPSA) is 60.9 Å². The summed E-state index contributed by atoms with van der Waals surface area (Å²) < 4.78 is 13.8. The zero-order valence-corrected chi connectivity index (χ0v) is 13.5. The number of nitrogens with zero attached hydrogens (tertiary/aromatic N) is 2. The summed E-state index contributed by atoms with van der Waals surface area (Å²) >= 11 is 0. The molecule has 1 fully saturated rings. The van der Waals surface area contributed by atoms with Gasteiger partial charge in [0.25, 0.3) is 5.91 Å². The first-order valence-electron chi connectivity index (χ1n) is 8.26. The molecule has 0 radical (unpaired) electrons. The maximum absolute atomic E-state index is 13.8. The van der Waals surface area contributed by atoms with Crippen LogP contribution in [0.2, 0.25) is 0 Å². The third-order valence-electron chi connectivity index (χ3n) is 4.71. The lowest BCUT2D eigenvalue weighted by molar-refractivity contribution is 0.0696. The number of benzene rings is 2. The van der Waals surface area contributed by atoms with Gasteiger partial charge in [0, 0.05) is 24.7 Å². The van der Waals surface area contributed by atoms with E-state index in [-0.39, 0.29) is 17.3 Å². The van der Waals surface area contributed by atoms with Crippen molar-refractivity contribution in [2.24, 2.45) is 0 Å². The van der Waals surface area contributed by atoms with Crippen LogP contribution in [0.25, 0.3) is 0 Å². The molecule has 6 heteroatoms. The first-order chi connectivity index (χ1) is 12.0. The van der Waals surface area contributed by atoms with Gasteiger partial charge in [0.1, 0.15) is 5.82 Å². The van der Waals surface area contributed by atoms with Crippen molar-refractivity contribution in [3.05, 3.63) is 59.4 Å². The Kier molecular flexibility index (Phi) is 3.67. The smallest absolute Gasteiger partial charge is 0.335 e. The van der Waals surface area contributed by atoms with E-state index in [1.165, 1.54) is 36.4 Å². The lowest BCUT2D eigenvalue weighted by Crippen LogP contribution is -2.45. The molecule has 2 aliphatic rings. The first kappa shape index (κ1) is 15.6. The van der Waals surface area contributed by atoms with Crippen molar-refractivity contribution in [3.63, 3.8) is 0 Å². The van der Waals surface area contributed by atoms with Crippen LogP contribution < -0.4 is 9.80 Å². The SMILES string of the molecule is O=C(O)c1ccc(C(=O)N2CCN(C3CC3)c3ccc(F)cc32)cc1. The first-order valence-corrected chi connectivity index (χ1v) is 8.26. The van der Waals surface area contributed by atoms with Gasteiger partial charge in [-0.15, -0.1) is 0 Å². The van der Waals surface area contributed by atoms with Crippen LogP contribution in [0.1, 0.15) is 33.6 Å². The quantitative estimate of drug-likeness (QED) is 0.932. The summed E-state index contributed by atoms with van der Waals surface area (Å²) in [5, 5.41) is 8.97. The van der Waals surface area contributed by atoms with E-state index >= 15 is 0 Å². The maximum Gasteiger partial charge on any atom is 0.335 e. The molecule has 0 bridgehead atoms. The number of aromatic carboxylic acids is 1. The van der Waals surface area contributed by atoms with Gasteiger partial charge in [-0.1, -0.05) is 0 Å². The number of hydrogen-bond donors (Lipinski definition) is 1. The van der Waals surface area contributed by atoms with Gasteiger partial charge in [0.2, 0.25) is 0 Å². The van der Waals surface area contributed by atoms with E-state index in [0.29, 0.717) is 30.4 Å². The van der Waals surface area contributed by atoms with Crippen LogP contribution in [0.4, 0.5) is 15.8 Å². The summed E-state index contributed by atoms with van der Waals surface area (Å²) in [6, 6.07) is 10.8. The largest absolute Gasteiger partial charge is 0.478 e. The number of anilines is 2. The Bertz CT molecular complexity index is 846. The molecule has 1 heterocycles. The summed E-state index contributed by atoms with van der Waals surface area (Å²) in [6.07, 6.45) is 2.25. The normalized spacial score (nSPS) is 16.5. The van der Waals surface area contributed by atoms with Crippen LogP contribution >= 0.6 is 0 Å². The minimum absolute atomic E-state index is 0.126. The predicted octanol–water partition coefficient (Wildman–Crippen LogP) is 3.15. The molecule has 0 aromatic heterocycles. The second kappa shape index (κ2) is 5.88. The van der Waals surface area contributed by atoms with Crippen molar-refractivity contribution < 1.29 is 19.1 Å². The fraction of sp³-hybridized carbons (Fsp3) is 0.263. The third-order valence-corrected chi connectivity index (χ3v) is 4.71. The van der Waals surface area contributed by atoms with Gasteiger partial charge in [-0.2, -0.15) is 0 Å². The monoisotopic (exact) mass is 340 g/mol. The van der Waals surface area contributed by atoms with Gasteiger partial charge in [0.05, 0.1) is 16.9 Å². The Labute approximate surface area is 144 Å². The van der Waals surface area contributed by atoms with Crippen LogP contribution in [0.5, 0.6) is 0 Å². The molecule has 0 unspecified atom stereocenters. The number of carbonyl (C=O) groups is 2. The number of carboxylic acids is 1. The Hall–Kier alpha value is -2.89. The number of hydrogen-bond acceptors (Lipinski definition) is 3. The fourth-order valence-electron chi connectivity index (χ4n) is 3.29. The number of carboxylic acid groups (broad SMARTS) is 1. The van der Waals surface area contributed by atoms with E-state index in [2.05, 4.69) is 4.90 Å². The average Bonchev–Trinajstić information content (AvgIpc) is 3.45. The predicted molar refractivity (Wildman–Crippen MR) is 91.8 cm³/mol. The van der Waals surface area contributed by atoms with Crippen LogP contribution in [0.3, 0.4) is 0 Å². The average molecular weight is 340 g/mol. The highest BCUT2D eigenvalue weighted by molar-refractivity contribution is 6.08. The molecule has 128 valence electrons. The summed E-state index contributed by atoms with van der Waals surface area (Å²) in [6.45, 7) is 1.19. The molecule has 1 aliphatic carbocycles. The van der Waals surface area contributed by atoms with Gasteiger partial charge in [-0.3, -0.25) is 4.79 Å². The van der Waals surface area contributed by atoms with E-state index in [1.54, 1.807) is 11.0 Å². The van der Waals surface area contributed by atoms with Crippen molar-refractivity contribution in [3.8, 4) is 0 Å². The third kappa shape index (κ3) is 2.84. The van der Waals surface area contributed by atoms with Gasteiger partial charge < -0.3 is 14.9 Å². The summed E-state index contributed by atoms with van der Waals surface area (Å²) in [4.78, 5) is 27.7. The molecule has 1 N–H and O–H groups in total. The van der Waals surface area contributed by atoms with Crippen molar-refractivity contribution in [1.29, 1.82) is 0 Å². The fourth-order valence-corrected chi connectivity index (χ4v) is 3.29. The molecule has 4 rings (SSSR count). The Morgan fingerprint density at radius 1 is 0.960 bits per heavy atom. The van der Waals surface area contributed by atoms with E-state index < -0.39 is 5.97 Å². The number of fused-ring (bicyclic) bond motifs is 1. The lowest BCUT2D eigenvalue weighted by atomic mass is 10.1. The van der Waals surface area contributed by atoms with Crippen LogP contribution in [-0.4, -0.2) is 36.1 Å². The number of carbonyl (C=O) groups excluding carboxylic acids is 1. The van der Waals surface area contributed by atoms with Gasteiger partial charge in [-0.25, -0.2) is 9.18 Å². The number of halogens is 1.